The van der Waals surface area contributed by atoms with Gasteiger partial charge in [-0.05, 0) is 30.7 Å². The Morgan fingerprint density at radius 1 is 1.11 bits per heavy atom. The summed E-state index contributed by atoms with van der Waals surface area (Å²) < 4.78 is 35.8. The van der Waals surface area contributed by atoms with Crippen molar-refractivity contribution in [2.24, 2.45) is 0 Å². The molecule has 1 aliphatic rings. The van der Waals surface area contributed by atoms with Crippen LogP contribution >= 0.6 is 0 Å². The SMILES string of the molecule is O=C(OCc1cc(-c2ccccc2)no1)c1ccc(N2CCCS2(=O)=O)cc1. The highest BCUT2D eigenvalue weighted by Crippen LogP contribution is 2.24. The quantitative estimate of drug-likeness (QED) is 0.613. The summed E-state index contributed by atoms with van der Waals surface area (Å²) in [7, 11) is -3.24. The van der Waals surface area contributed by atoms with Gasteiger partial charge in [-0.2, -0.15) is 0 Å². The first-order valence-electron chi connectivity index (χ1n) is 8.81. The van der Waals surface area contributed by atoms with Crippen molar-refractivity contribution in [1.82, 2.24) is 5.16 Å². The van der Waals surface area contributed by atoms with Gasteiger partial charge in [0.25, 0.3) is 0 Å². The molecule has 7 nitrogen and oxygen atoms in total. The fraction of sp³-hybridized carbons (Fsp3) is 0.200. The first-order chi connectivity index (χ1) is 13.5. The summed E-state index contributed by atoms with van der Waals surface area (Å²) in [6.45, 7) is 0.419. The average Bonchev–Trinajstić information content (AvgIpc) is 3.33. The molecule has 1 saturated heterocycles. The molecule has 2 aromatic carbocycles. The van der Waals surface area contributed by atoms with Gasteiger partial charge in [0.1, 0.15) is 5.69 Å². The summed E-state index contributed by atoms with van der Waals surface area (Å²) >= 11 is 0. The fourth-order valence-electron chi connectivity index (χ4n) is 3.04. The lowest BCUT2D eigenvalue weighted by Crippen LogP contribution is -2.25. The molecule has 144 valence electrons. The maximum atomic E-state index is 12.2. The van der Waals surface area contributed by atoms with Crippen LogP contribution in [0.15, 0.2) is 65.2 Å². The van der Waals surface area contributed by atoms with Crippen LogP contribution in [0.1, 0.15) is 22.5 Å². The summed E-state index contributed by atoms with van der Waals surface area (Å²) in [5.74, 6) is 0.0688. The normalized spacial score (nSPS) is 15.5. The summed E-state index contributed by atoms with van der Waals surface area (Å²) in [6, 6.07) is 17.6. The molecule has 1 fully saturated rings. The van der Waals surface area contributed by atoms with Crippen molar-refractivity contribution in [3.05, 3.63) is 72.0 Å². The highest BCUT2D eigenvalue weighted by molar-refractivity contribution is 7.93. The van der Waals surface area contributed by atoms with Crippen molar-refractivity contribution in [3.8, 4) is 11.3 Å². The lowest BCUT2D eigenvalue weighted by Gasteiger charge is -2.16. The van der Waals surface area contributed by atoms with Crippen molar-refractivity contribution in [3.63, 3.8) is 0 Å². The molecule has 8 heteroatoms. The van der Waals surface area contributed by atoms with E-state index in [9.17, 15) is 13.2 Å². The minimum Gasteiger partial charge on any atom is -0.454 e. The van der Waals surface area contributed by atoms with Gasteiger partial charge >= 0.3 is 5.97 Å². The van der Waals surface area contributed by atoms with E-state index in [0.29, 0.717) is 35.7 Å². The molecule has 1 aliphatic heterocycles. The number of aromatic nitrogens is 1. The average molecular weight is 398 g/mol. The second-order valence-electron chi connectivity index (χ2n) is 6.41. The van der Waals surface area contributed by atoms with Crippen LogP contribution in [0, 0.1) is 0 Å². The zero-order chi connectivity index (χ0) is 19.6. The number of carbonyl (C=O) groups excluding carboxylic acids is 1. The Hall–Kier alpha value is -3.13. The maximum Gasteiger partial charge on any atom is 0.338 e. The van der Waals surface area contributed by atoms with Gasteiger partial charge in [0.05, 0.1) is 17.0 Å². The number of esters is 1. The third kappa shape index (κ3) is 3.77. The number of sulfonamides is 1. The van der Waals surface area contributed by atoms with Crippen molar-refractivity contribution < 1.29 is 22.5 Å². The topological polar surface area (TPSA) is 89.7 Å². The second kappa shape index (κ2) is 7.47. The fourth-order valence-corrected chi connectivity index (χ4v) is 4.60. The van der Waals surface area contributed by atoms with Crippen LogP contribution < -0.4 is 4.31 Å². The van der Waals surface area contributed by atoms with Crippen LogP contribution in [0.3, 0.4) is 0 Å². The maximum absolute atomic E-state index is 12.2. The van der Waals surface area contributed by atoms with Gasteiger partial charge in [-0.25, -0.2) is 13.2 Å². The Kier molecular flexibility index (Phi) is 4.87. The lowest BCUT2D eigenvalue weighted by molar-refractivity contribution is 0.0437. The van der Waals surface area contributed by atoms with Gasteiger partial charge < -0.3 is 9.26 Å². The summed E-state index contributed by atoms with van der Waals surface area (Å²) in [5.41, 5.74) is 2.47. The molecule has 0 N–H and O–H groups in total. The molecule has 0 unspecified atom stereocenters. The predicted octanol–water partition coefficient (Wildman–Crippen LogP) is 3.24. The van der Waals surface area contributed by atoms with E-state index >= 15 is 0 Å². The molecule has 2 heterocycles. The molecular formula is C20H18N2O5S. The first kappa shape index (κ1) is 18.2. The Bertz CT molecular complexity index is 1080. The van der Waals surface area contributed by atoms with E-state index in [4.69, 9.17) is 9.26 Å². The summed E-state index contributed by atoms with van der Waals surface area (Å²) in [5, 5.41) is 3.98. The van der Waals surface area contributed by atoms with Gasteiger partial charge in [0.2, 0.25) is 10.0 Å². The predicted molar refractivity (Wildman–Crippen MR) is 103 cm³/mol. The van der Waals surface area contributed by atoms with E-state index in [2.05, 4.69) is 5.16 Å². The third-order valence-corrected chi connectivity index (χ3v) is 6.33. The molecule has 0 amide bonds. The van der Waals surface area contributed by atoms with Crippen LogP contribution in [0.2, 0.25) is 0 Å². The Morgan fingerprint density at radius 2 is 1.86 bits per heavy atom. The molecule has 0 aliphatic carbocycles. The van der Waals surface area contributed by atoms with Crippen LogP contribution in [0.4, 0.5) is 5.69 Å². The Morgan fingerprint density at radius 3 is 2.54 bits per heavy atom. The molecule has 0 bridgehead atoms. The van der Waals surface area contributed by atoms with Gasteiger partial charge in [0.15, 0.2) is 12.4 Å². The van der Waals surface area contributed by atoms with Gasteiger partial charge in [-0.1, -0.05) is 35.5 Å². The highest BCUT2D eigenvalue weighted by Gasteiger charge is 2.28. The second-order valence-corrected chi connectivity index (χ2v) is 8.42. The molecule has 0 spiro atoms. The molecule has 0 saturated carbocycles. The molecule has 28 heavy (non-hydrogen) atoms. The number of benzene rings is 2. The van der Waals surface area contributed by atoms with E-state index in [0.717, 1.165) is 5.56 Å². The number of ether oxygens (including phenoxy) is 1. The summed E-state index contributed by atoms with van der Waals surface area (Å²) in [6.07, 6.45) is 0.605. The number of nitrogens with zero attached hydrogens (tertiary/aromatic N) is 2. The van der Waals surface area contributed by atoms with Crippen LogP contribution in [0.5, 0.6) is 0 Å². The highest BCUT2D eigenvalue weighted by atomic mass is 32.2. The van der Waals surface area contributed by atoms with Gasteiger partial charge in [0, 0.05) is 18.2 Å². The van der Waals surface area contributed by atoms with E-state index in [1.165, 1.54) is 4.31 Å². The molecule has 3 aromatic rings. The van der Waals surface area contributed by atoms with Gasteiger partial charge in [-0.3, -0.25) is 4.31 Å². The van der Waals surface area contributed by atoms with Crippen molar-refractivity contribution in [2.75, 3.05) is 16.6 Å². The lowest BCUT2D eigenvalue weighted by atomic mass is 10.1. The number of anilines is 1. The van der Waals surface area contributed by atoms with E-state index in [-0.39, 0.29) is 12.4 Å². The van der Waals surface area contributed by atoms with E-state index in [1.807, 2.05) is 30.3 Å². The minimum atomic E-state index is -3.24. The van der Waals surface area contributed by atoms with Gasteiger partial charge in [-0.15, -0.1) is 0 Å². The number of hydrogen-bond acceptors (Lipinski definition) is 6. The largest absolute Gasteiger partial charge is 0.454 e. The number of hydrogen-bond donors (Lipinski definition) is 0. The van der Waals surface area contributed by atoms with E-state index in [1.54, 1.807) is 30.3 Å². The first-order valence-corrected chi connectivity index (χ1v) is 10.4. The number of carbonyl (C=O) groups is 1. The van der Waals surface area contributed by atoms with E-state index < -0.39 is 16.0 Å². The third-order valence-electron chi connectivity index (χ3n) is 4.46. The zero-order valence-electron chi connectivity index (χ0n) is 14.9. The van der Waals surface area contributed by atoms with Crippen molar-refractivity contribution >= 4 is 21.7 Å². The molecule has 0 radical (unpaired) electrons. The van der Waals surface area contributed by atoms with Crippen molar-refractivity contribution in [2.45, 2.75) is 13.0 Å². The smallest absolute Gasteiger partial charge is 0.338 e. The van der Waals surface area contributed by atoms with Crippen LogP contribution in [-0.2, 0) is 21.4 Å². The number of rotatable bonds is 5. The molecule has 1 aromatic heterocycles. The Labute approximate surface area is 162 Å². The standard InChI is InChI=1S/C20H18N2O5S/c23-20(16-7-9-17(10-8-16)22-11-4-12-28(22,24)25)26-14-18-13-19(21-27-18)15-5-2-1-3-6-15/h1-3,5-10,13H,4,11-12,14H2. The van der Waals surface area contributed by atoms with Crippen molar-refractivity contribution in [1.29, 1.82) is 0 Å². The summed E-state index contributed by atoms with van der Waals surface area (Å²) in [4.78, 5) is 12.2. The molecular weight excluding hydrogens is 380 g/mol. The van der Waals surface area contributed by atoms with Crippen LogP contribution in [-0.4, -0.2) is 31.8 Å². The molecule has 0 atom stereocenters. The zero-order valence-corrected chi connectivity index (χ0v) is 15.8. The monoisotopic (exact) mass is 398 g/mol. The molecule has 4 rings (SSSR count). The Balaban J connectivity index is 1.39. The van der Waals surface area contributed by atoms with Crippen LogP contribution in [0.25, 0.3) is 11.3 Å². The minimum absolute atomic E-state index is 0.0408.